The summed E-state index contributed by atoms with van der Waals surface area (Å²) >= 11 is 0. The van der Waals surface area contributed by atoms with Crippen LogP contribution >= 0.6 is 0 Å². The van der Waals surface area contributed by atoms with E-state index in [1.165, 1.54) is 14.2 Å². The Morgan fingerprint density at radius 3 is 0.931 bits per heavy atom. The van der Waals surface area contributed by atoms with E-state index in [0.717, 1.165) is 0 Å². The molecule has 0 saturated heterocycles. The van der Waals surface area contributed by atoms with Crippen molar-refractivity contribution in [2.45, 2.75) is 89.1 Å². The van der Waals surface area contributed by atoms with Crippen LogP contribution in [-0.2, 0) is 33.3 Å². The van der Waals surface area contributed by atoms with Crippen LogP contribution in [0.1, 0.15) is 89.1 Å². The van der Waals surface area contributed by atoms with Crippen LogP contribution in [0.4, 0.5) is 0 Å². The molecule has 0 saturated carbocycles. The molecule has 0 aliphatic rings. The third kappa shape index (κ3) is 75.2. The summed E-state index contributed by atoms with van der Waals surface area (Å²) in [7, 11) is 2.82. The van der Waals surface area contributed by atoms with Crippen molar-refractivity contribution in [2.24, 2.45) is 0 Å². The van der Waals surface area contributed by atoms with E-state index < -0.39 is 11.9 Å². The summed E-state index contributed by atoms with van der Waals surface area (Å²) in [6.45, 7) is 0.639. The molecule has 0 heterocycles. The Balaban J connectivity index is -0.0000000194. The monoisotopic (exact) mass is 442 g/mol. The van der Waals surface area contributed by atoms with Gasteiger partial charge in [0.1, 0.15) is 26.4 Å². The lowest BCUT2D eigenvalue weighted by molar-refractivity contribution is -0.151. The van der Waals surface area contributed by atoms with E-state index in [2.05, 4.69) is 9.47 Å². The van der Waals surface area contributed by atoms with Crippen molar-refractivity contribution in [3.8, 4) is 0 Å². The molecule has 0 aromatic carbocycles. The minimum absolute atomic E-state index is 0. The van der Waals surface area contributed by atoms with Crippen LogP contribution in [0, 0.1) is 0 Å². The highest BCUT2D eigenvalue weighted by molar-refractivity contribution is 5.70. The van der Waals surface area contributed by atoms with E-state index >= 15 is 0 Å². The van der Waals surface area contributed by atoms with Gasteiger partial charge in [-0.3, -0.25) is 0 Å². The quantitative estimate of drug-likeness (QED) is 0.266. The third-order valence-corrected chi connectivity index (χ3v) is 1.51. The predicted molar refractivity (Wildman–Crippen MR) is 137 cm³/mol. The van der Waals surface area contributed by atoms with Crippen LogP contribution in [-0.4, -0.2) is 65.8 Å². The molecule has 0 N–H and O–H groups in total. The predicted octanol–water partition coefficient (Wildman–Crippen LogP) is 7.02. The van der Waals surface area contributed by atoms with E-state index in [4.69, 9.17) is 14.2 Å². The fourth-order valence-corrected chi connectivity index (χ4v) is 0.850. The Morgan fingerprint density at radius 2 is 0.724 bits per heavy atom. The fraction of sp³-hybridized carbons (Fsp3) is 0.909. The molecule has 0 spiro atoms. The first-order chi connectivity index (χ1) is 8.20. The number of hydrogen-bond donors (Lipinski definition) is 0. The maximum absolute atomic E-state index is 10.8. The largest absolute Gasteiger partial charge is 0.462 e. The zero-order valence-corrected chi connectivity index (χ0v) is 10.1. The second kappa shape index (κ2) is 71.4. The van der Waals surface area contributed by atoms with Crippen LogP contribution in [0.3, 0.4) is 0 Å². The summed E-state index contributed by atoms with van der Waals surface area (Å²) in [4.78, 5) is 21.6. The highest BCUT2D eigenvalue weighted by atomic mass is 16.6. The smallest absolute Gasteiger partial charge is 0.332 e. The molecule has 0 aromatic heterocycles. The molecule has 196 valence electrons. The lowest BCUT2D eigenvalue weighted by atomic mass is 10.6. The van der Waals surface area contributed by atoms with Crippen molar-refractivity contribution in [1.82, 2.24) is 0 Å². The number of rotatable bonds is 10. The summed E-state index contributed by atoms with van der Waals surface area (Å²) < 4.78 is 23.6. The maximum atomic E-state index is 10.8. The number of carbonyl (C=O) groups is 2. The second-order valence-corrected chi connectivity index (χ2v) is 2.92. The van der Waals surface area contributed by atoms with Crippen molar-refractivity contribution in [3.63, 3.8) is 0 Å². The summed E-state index contributed by atoms with van der Waals surface area (Å²) in [6, 6.07) is 0. The second-order valence-electron chi connectivity index (χ2n) is 2.92. The third-order valence-electron chi connectivity index (χ3n) is 1.51. The van der Waals surface area contributed by atoms with Gasteiger partial charge in [-0.05, 0) is 0 Å². The molecule has 0 bridgehead atoms. The van der Waals surface area contributed by atoms with Crippen LogP contribution in [0.2, 0.25) is 0 Å². The van der Waals surface area contributed by atoms with Crippen LogP contribution in [0.25, 0.3) is 0 Å². The molecule has 0 atom stereocenters. The lowest BCUT2D eigenvalue weighted by Gasteiger charge is -2.06. The van der Waals surface area contributed by atoms with Gasteiger partial charge in [0.2, 0.25) is 0 Å². The van der Waals surface area contributed by atoms with Gasteiger partial charge in [-0.1, -0.05) is 89.1 Å². The standard InChI is InChI=1S/C10H18O7.12CH4/c1-13-7-9(11)16-5-3-15-4-6-17-10(12)8-14-2;;;;;;;;;;;;/h3-8H2,1-2H3;12*1H4. The minimum atomic E-state index is -0.442. The van der Waals surface area contributed by atoms with Crippen LogP contribution in [0.15, 0.2) is 0 Å². The van der Waals surface area contributed by atoms with Crippen LogP contribution in [0.5, 0.6) is 0 Å². The molecule has 0 aliphatic heterocycles. The zero-order valence-electron chi connectivity index (χ0n) is 10.1. The van der Waals surface area contributed by atoms with E-state index in [1.54, 1.807) is 0 Å². The van der Waals surface area contributed by atoms with Gasteiger partial charge in [0.05, 0.1) is 13.2 Å². The Bertz CT molecular complexity index is 201. The van der Waals surface area contributed by atoms with Gasteiger partial charge in [0.15, 0.2) is 0 Å². The molecule has 0 amide bonds. The van der Waals surface area contributed by atoms with E-state index in [1.807, 2.05) is 0 Å². The summed E-state index contributed by atoms with van der Waals surface area (Å²) in [6.07, 6.45) is 0. The van der Waals surface area contributed by atoms with Gasteiger partial charge in [0, 0.05) is 14.2 Å². The lowest BCUT2D eigenvalue weighted by Crippen LogP contribution is -2.17. The Hall–Kier alpha value is -1.18. The van der Waals surface area contributed by atoms with Crippen molar-refractivity contribution in [1.29, 1.82) is 0 Å². The van der Waals surface area contributed by atoms with E-state index in [0.29, 0.717) is 0 Å². The highest BCUT2D eigenvalue weighted by Gasteiger charge is 2.02. The normalized spacial score (nSPS) is 5.86. The molecule has 0 fully saturated rings. The number of hydrogen-bond acceptors (Lipinski definition) is 7. The molecule has 29 heavy (non-hydrogen) atoms. The van der Waals surface area contributed by atoms with Gasteiger partial charge >= 0.3 is 11.9 Å². The van der Waals surface area contributed by atoms with Gasteiger partial charge in [0.25, 0.3) is 0 Å². The molecule has 0 rings (SSSR count). The molecule has 0 aliphatic carbocycles. The fourth-order valence-electron chi connectivity index (χ4n) is 0.850. The summed E-state index contributed by atoms with van der Waals surface area (Å²) in [5, 5.41) is 0. The molecule has 0 radical (unpaired) electrons. The first kappa shape index (κ1) is 91.1. The van der Waals surface area contributed by atoms with E-state index in [-0.39, 0.29) is 129 Å². The SMILES string of the molecule is C.C.C.C.C.C.C.C.C.C.C.C.COCC(=O)OCCOCCOC(=O)COC. The summed E-state index contributed by atoms with van der Waals surface area (Å²) in [5.41, 5.74) is 0. The Kier molecular flexibility index (Phi) is 224. The van der Waals surface area contributed by atoms with Gasteiger partial charge in [-0.25, -0.2) is 9.59 Å². The number of carbonyl (C=O) groups excluding carboxylic acids is 2. The Morgan fingerprint density at radius 1 is 0.483 bits per heavy atom. The number of methoxy groups -OCH3 is 2. The van der Waals surface area contributed by atoms with Gasteiger partial charge in [-0.2, -0.15) is 0 Å². The molecule has 7 heteroatoms. The topological polar surface area (TPSA) is 80.3 Å². The average molecular weight is 443 g/mol. The van der Waals surface area contributed by atoms with Crippen molar-refractivity contribution in [3.05, 3.63) is 0 Å². The van der Waals surface area contributed by atoms with Crippen molar-refractivity contribution < 1.29 is 33.3 Å². The zero-order chi connectivity index (χ0) is 12.9. The average Bonchev–Trinajstić information content (AvgIpc) is 2.28. The van der Waals surface area contributed by atoms with Crippen LogP contribution < -0.4 is 0 Å². The number of ether oxygens (including phenoxy) is 5. The van der Waals surface area contributed by atoms with Gasteiger partial charge < -0.3 is 23.7 Å². The highest BCUT2D eigenvalue weighted by Crippen LogP contribution is 1.84. The molecular formula is C22H66O7. The number of esters is 2. The molecule has 7 nitrogen and oxygen atoms in total. The molecular weight excluding hydrogens is 376 g/mol. The van der Waals surface area contributed by atoms with Crippen molar-refractivity contribution >= 4 is 11.9 Å². The van der Waals surface area contributed by atoms with E-state index in [9.17, 15) is 9.59 Å². The molecule has 0 aromatic rings. The minimum Gasteiger partial charge on any atom is -0.462 e. The maximum Gasteiger partial charge on any atom is 0.332 e. The Labute approximate surface area is 188 Å². The first-order valence-corrected chi connectivity index (χ1v) is 5.07. The summed E-state index contributed by atoms with van der Waals surface area (Å²) in [5.74, 6) is -0.884. The van der Waals surface area contributed by atoms with Gasteiger partial charge in [-0.15, -0.1) is 0 Å². The molecule has 0 unspecified atom stereocenters. The first-order valence-electron chi connectivity index (χ1n) is 5.07. The van der Waals surface area contributed by atoms with Crippen molar-refractivity contribution in [2.75, 3.05) is 53.9 Å².